The first-order chi connectivity index (χ1) is 5.58. The number of aryl methyl sites for hydroxylation is 2. The Morgan fingerprint density at radius 2 is 2.17 bits per heavy atom. The van der Waals surface area contributed by atoms with E-state index in [4.69, 9.17) is 5.11 Å². The van der Waals surface area contributed by atoms with Crippen molar-refractivity contribution < 1.29 is 9.90 Å². The third-order valence-corrected chi connectivity index (χ3v) is 1.48. The highest BCUT2D eigenvalue weighted by Gasteiger charge is 2.02. The lowest BCUT2D eigenvalue weighted by molar-refractivity contribution is -0.136. The molecule has 3 nitrogen and oxygen atoms in total. The minimum absolute atomic E-state index is 0.00250. The number of carbonyl (C=O) groups is 1. The van der Waals surface area contributed by atoms with Gasteiger partial charge in [0.25, 0.3) is 0 Å². The molecule has 0 saturated carbocycles. The van der Waals surface area contributed by atoms with E-state index in [0.29, 0.717) is 5.69 Å². The van der Waals surface area contributed by atoms with Gasteiger partial charge in [-0.25, -0.2) is 0 Å². The molecule has 1 aromatic rings. The Morgan fingerprint density at radius 1 is 1.50 bits per heavy atom. The summed E-state index contributed by atoms with van der Waals surface area (Å²) in [6.07, 6.45) is 0.00250. The van der Waals surface area contributed by atoms with Crippen LogP contribution in [0.15, 0.2) is 12.1 Å². The monoisotopic (exact) mass is 165 g/mol. The summed E-state index contributed by atoms with van der Waals surface area (Å²) in [4.78, 5) is 14.4. The van der Waals surface area contributed by atoms with E-state index in [9.17, 15) is 4.79 Å². The molecule has 3 heteroatoms. The molecule has 0 unspecified atom stereocenters. The Hall–Kier alpha value is -1.38. The Morgan fingerprint density at radius 3 is 2.67 bits per heavy atom. The van der Waals surface area contributed by atoms with Crippen LogP contribution in [0.25, 0.3) is 0 Å². The van der Waals surface area contributed by atoms with Gasteiger partial charge in [0.1, 0.15) is 0 Å². The molecule has 0 saturated heterocycles. The zero-order valence-corrected chi connectivity index (χ0v) is 7.16. The van der Waals surface area contributed by atoms with Crippen LogP contribution < -0.4 is 0 Å². The van der Waals surface area contributed by atoms with Crippen LogP contribution in [0.3, 0.4) is 0 Å². The van der Waals surface area contributed by atoms with Gasteiger partial charge in [0.05, 0.1) is 12.1 Å². The number of carboxylic acids is 1. The van der Waals surface area contributed by atoms with E-state index in [1.807, 2.05) is 19.9 Å². The first-order valence-electron chi connectivity index (χ1n) is 3.74. The Balaban J connectivity index is 2.93. The number of nitrogens with zero attached hydrogens (tertiary/aromatic N) is 1. The van der Waals surface area contributed by atoms with Gasteiger partial charge in [-0.05, 0) is 31.5 Å². The SMILES string of the molecule is Cc1cc(C)nc(CC(=O)O)c1. The molecule has 0 aromatic carbocycles. The molecule has 1 rings (SSSR count). The van der Waals surface area contributed by atoms with Gasteiger partial charge in [-0.15, -0.1) is 0 Å². The van der Waals surface area contributed by atoms with E-state index in [1.165, 1.54) is 0 Å². The van der Waals surface area contributed by atoms with Gasteiger partial charge in [0.15, 0.2) is 0 Å². The molecular formula is C9H11NO2. The average molecular weight is 165 g/mol. The average Bonchev–Trinajstić information content (AvgIpc) is 1.81. The molecule has 1 heterocycles. The lowest BCUT2D eigenvalue weighted by Gasteiger charge is -2.00. The summed E-state index contributed by atoms with van der Waals surface area (Å²) in [6.45, 7) is 3.79. The number of aliphatic carboxylic acids is 1. The molecule has 0 amide bonds. The van der Waals surface area contributed by atoms with Crippen molar-refractivity contribution in [3.8, 4) is 0 Å². The first-order valence-corrected chi connectivity index (χ1v) is 3.74. The predicted molar refractivity (Wildman–Crippen MR) is 45.1 cm³/mol. The summed E-state index contributed by atoms with van der Waals surface area (Å²) in [6, 6.07) is 3.71. The van der Waals surface area contributed by atoms with Crippen molar-refractivity contribution in [1.29, 1.82) is 0 Å². The Bertz CT molecular complexity index is 287. The topological polar surface area (TPSA) is 50.2 Å². The normalized spacial score (nSPS) is 9.83. The molecule has 1 N–H and O–H groups in total. The molecule has 0 fully saturated rings. The second-order valence-corrected chi connectivity index (χ2v) is 2.85. The summed E-state index contributed by atoms with van der Waals surface area (Å²) in [5.74, 6) is -0.840. The molecule has 0 radical (unpaired) electrons. The zero-order valence-electron chi connectivity index (χ0n) is 7.16. The van der Waals surface area contributed by atoms with Crippen LogP contribution in [0.4, 0.5) is 0 Å². The van der Waals surface area contributed by atoms with Gasteiger partial charge in [-0.3, -0.25) is 9.78 Å². The maximum atomic E-state index is 10.4. The highest BCUT2D eigenvalue weighted by atomic mass is 16.4. The molecule has 0 aliphatic rings. The van der Waals surface area contributed by atoms with Crippen molar-refractivity contribution in [2.45, 2.75) is 20.3 Å². The summed E-state index contributed by atoms with van der Waals surface area (Å²) < 4.78 is 0. The predicted octanol–water partition coefficient (Wildman–Crippen LogP) is 1.33. The van der Waals surface area contributed by atoms with Gasteiger partial charge in [-0.2, -0.15) is 0 Å². The molecular weight excluding hydrogens is 154 g/mol. The smallest absolute Gasteiger partial charge is 0.309 e. The number of hydrogen-bond donors (Lipinski definition) is 1. The minimum Gasteiger partial charge on any atom is -0.481 e. The van der Waals surface area contributed by atoms with Gasteiger partial charge >= 0.3 is 5.97 Å². The largest absolute Gasteiger partial charge is 0.481 e. The number of carboxylic acid groups (broad SMARTS) is 1. The standard InChI is InChI=1S/C9H11NO2/c1-6-3-7(2)10-8(4-6)5-9(11)12/h3-4H,5H2,1-2H3,(H,11,12). The quantitative estimate of drug-likeness (QED) is 0.719. The van der Waals surface area contributed by atoms with Crippen molar-refractivity contribution in [2.24, 2.45) is 0 Å². The fraction of sp³-hybridized carbons (Fsp3) is 0.333. The van der Waals surface area contributed by atoms with Gasteiger partial charge < -0.3 is 5.11 Å². The molecule has 0 spiro atoms. The third-order valence-electron chi connectivity index (χ3n) is 1.48. The van der Waals surface area contributed by atoms with E-state index in [0.717, 1.165) is 11.3 Å². The van der Waals surface area contributed by atoms with E-state index < -0.39 is 5.97 Å². The number of aromatic nitrogens is 1. The van der Waals surface area contributed by atoms with Crippen molar-refractivity contribution in [3.05, 3.63) is 29.1 Å². The van der Waals surface area contributed by atoms with Crippen LogP contribution in [0.2, 0.25) is 0 Å². The van der Waals surface area contributed by atoms with Gasteiger partial charge in [0.2, 0.25) is 0 Å². The number of pyridine rings is 1. The van der Waals surface area contributed by atoms with Crippen molar-refractivity contribution in [2.75, 3.05) is 0 Å². The van der Waals surface area contributed by atoms with Crippen molar-refractivity contribution in [3.63, 3.8) is 0 Å². The zero-order chi connectivity index (χ0) is 9.14. The van der Waals surface area contributed by atoms with Crippen LogP contribution in [0.1, 0.15) is 17.0 Å². The fourth-order valence-corrected chi connectivity index (χ4v) is 1.17. The van der Waals surface area contributed by atoms with E-state index in [2.05, 4.69) is 4.98 Å². The molecule has 0 aliphatic heterocycles. The van der Waals surface area contributed by atoms with E-state index >= 15 is 0 Å². The summed E-state index contributed by atoms with van der Waals surface area (Å²) in [7, 11) is 0. The first kappa shape index (κ1) is 8.71. The highest BCUT2D eigenvalue weighted by Crippen LogP contribution is 2.04. The molecule has 1 aromatic heterocycles. The third kappa shape index (κ3) is 2.34. The highest BCUT2D eigenvalue weighted by molar-refractivity contribution is 5.69. The van der Waals surface area contributed by atoms with Crippen LogP contribution >= 0.6 is 0 Å². The molecule has 0 atom stereocenters. The summed E-state index contributed by atoms with van der Waals surface area (Å²) in [5.41, 5.74) is 2.55. The fourth-order valence-electron chi connectivity index (χ4n) is 1.17. The molecule has 0 aliphatic carbocycles. The second kappa shape index (κ2) is 3.34. The van der Waals surface area contributed by atoms with Gasteiger partial charge in [-0.1, -0.05) is 0 Å². The van der Waals surface area contributed by atoms with E-state index in [-0.39, 0.29) is 6.42 Å². The van der Waals surface area contributed by atoms with Crippen molar-refractivity contribution >= 4 is 5.97 Å². The summed E-state index contributed by atoms with van der Waals surface area (Å²) in [5, 5.41) is 8.51. The lowest BCUT2D eigenvalue weighted by atomic mass is 10.2. The number of hydrogen-bond acceptors (Lipinski definition) is 2. The number of rotatable bonds is 2. The maximum Gasteiger partial charge on any atom is 0.309 e. The molecule has 0 bridgehead atoms. The molecule has 12 heavy (non-hydrogen) atoms. The van der Waals surface area contributed by atoms with Crippen LogP contribution in [-0.2, 0) is 11.2 Å². The Labute approximate surface area is 71.1 Å². The van der Waals surface area contributed by atoms with Gasteiger partial charge in [0, 0.05) is 5.69 Å². The minimum atomic E-state index is -0.840. The Kier molecular flexibility index (Phi) is 2.43. The van der Waals surface area contributed by atoms with Crippen LogP contribution in [-0.4, -0.2) is 16.1 Å². The summed E-state index contributed by atoms with van der Waals surface area (Å²) >= 11 is 0. The van der Waals surface area contributed by atoms with Crippen molar-refractivity contribution in [1.82, 2.24) is 4.98 Å². The maximum absolute atomic E-state index is 10.4. The second-order valence-electron chi connectivity index (χ2n) is 2.85. The van der Waals surface area contributed by atoms with E-state index in [1.54, 1.807) is 6.07 Å². The lowest BCUT2D eigenvalue weighted by Crippen LogP contribution is -2.03. The molecule has 64 valence electrons. The van der Waals surface area contributed by atoms with Crippen LogP contribution in [0.5, 0.6) is 0 Å². The van der Waals surface area contributed by atoms with Crippen LogP contribution in [0, 0.1) is 13.8 Å².